The van der Waals surface area contributed by atoms with Crippen LogP contribution in [0.5, 0.6) is 0 Å². The zero-order valence-electron chi connectivity index (χ0n) is 10.3. The van der Waals surface area contributed by atoms with E-state index < -0.39 is 0 Å². The van der Waals surface area contributed by atoms with Gasteiger partial charge in [0.25, 0.3) is 0 Å². The second-order valence-electron chi connectivity index (χ2n) is 4.46. The molecule has 0 saturated carbocycles. The third-order valence-electron chi connectivity index (χ3n) is 2.24. The fraction of sp³-hybridized carbons (Fsp3) is 0.667. The van der Waals surface area contributed by atoms with E-state index >= 15 is 0 Å². The Hall–Kier alpha value is -0.900. The van der Waals surface area contributed by atoms with Gasteiger partial charge in [-0.2, -0.15) is 0 Å². The van der Waals surface area contributed by atoms with Gasteiger partial charge in [-0.15, -0.1) is 0 Å². The fourth-order valence-corrected chi connectivity index (χ4v) is 1.71. The van der Waals surface area contributed by atoms with Crippen LogP contribution in [0.4, 0.5) is 5.82 Å². The van der Waals surface area contributed by atoms with Crippen LogP contribution in [0.1, 0.15) is 39.4 Å². The average Bonchev–Trinajstić information content (AvgIpc) is 2.16. The van der Waals surface area contributed by atoms with Gasteiger partial charge >= 0.3 is 0 Å². The van der Waals surface area contributed by atoms with E-state index in [-0.39, 0.29) is 0 Å². The van der Waals surface area contributed by atoms with Gasteiger partial charge in [-0.3, -0.25) is 0 Å². The second kappa shape index (κ2) is 6.63. The molecule has 0 saturated heterocycles. The standard InChI is InChI=1S/C12H21N3S/c1-4-5-6-13-10-8-12(16)15-11(14-10)7-9(2)3/h8-9H,4-7H2,1-3H3,(H2,13,14,15,16). The van der Waals surface area contributed by atoms with E-state index in [0.29, 0.717) is 10.6 Å². The molecule has 3 nitrogen and oxygen atoms in total. The van der Waals surface area contributed by atoms with E-state index in [0.717, 1.165) is 24.6 Å². The highest BCUT2D eigenvalue weighted by Gasteiger charge is 2.01. The molecule has 0 amide bonds. The number of anilines is 1. The van der Waals surface area contributed by atoms with E-state index in [9.17, 15) is 0 Å². The lowest BCUT2D eigenvalue weighted by molar-refractivity contribution is 0.620. The summed E-state index contributed by atoms with van der Waals surface area (Å²) < 4.78 is 0.661. The van der Waals surface area contributed by atoms with Crippen molar-refractivity contribution >= 4 is 18.0 Å². The zero-order chi connectivity index (χ0) is 12.0. The van der Waals surface area contributed by atoms with E-state index in [1.165, 1.54) is 12.8 Å². The molecule has 0 aliphatic heterocycles. The number of rotatable bonds is 6. The summed E-state index contributed by atoms with van der Waals surface area (Å²) in [6.07, 6.45) is 3.30. The number of nitrogens with one attached hydrogen (secondary N) is 2. The maximum atomic E-state index is 5.15. The van der Waals surface area contributed by atoms with Gasteiger partial charge in [-0.25, -0.2) is 4.98 Å². The number of aromatic amines is 1. The minimum Gasteiger partial charge on any atom is -0.372 e. The van der Waals surface area contributed by atoms with Crippen molar-refractivity contribution in [3.05, 3.63) is 16.5 Å². The highest BCUT2D eigenvalue weighted by molar-refractivity contribution is 7.71. The number of hydrogen-bond acceptors (Lipinski definition) is 3. The maximum Gasteiger partial charge on any atom is 0.131 e. The minimum absolute atomic E-state index is 0.587. The highest BCUT2D eigenvalue weighted by Crippen LogP contribution is 2.08. The molecule has 0 aromatic carbocycles. The molecule has 0 aliphatic carbocycles. The van der Waals surface area contributed by atoms with Crippen molar-refractivity contribution in [3.8, 4) is 0 Å². The third-order valence-corrected chi connectivity index (χ3v) is 2.45. The Morgan fingerprint density at radius 2 is 2.25 bits per heavy atom. The summed E-state index contributed by atoms with van der Waals surface area (Å²) in [7, 11) is 0. The summed E-state index contributed by atoms with van der Waals surface area (Å²) in [6, 6.07) is 1.88. The Labute approximate surface area is 103 Å². The van der Waals surface area contributed by atoms with Gasteiger partial charge in [0.15, 0.2) is 0 Å². The molecule has 1 aromatic heterocycles. The topological polar surface area (TPSA) is 40.7 Å². The van der Waals surface area contributed by atoms with Gasteiger partial charge in [0.05, 0.1) is 0 Å². The van der Waals surface area contributed by atoms with Crippen LogP contribution in [-0.2, 0) is 6.42 Å². The van der Waals surface area contributed by atoms with Crippen molar-refractivity contribution < 1.29 is 0 Å². The van der Waals surface area contributed by atoms with Crippen LogP contribution in [0.25, 0.3) is 0 Å². The minimum atomic E-state index is 0.587. The Bertz CT molecular complexity index is 371. The number of nitrogens with zero attached hydrogens (tertiary/aromatic N) is 1. The Balaban J connectivity index is 2.69. The lowest BCUT2D eigenvalue weighted by atomic mass is 10.1. The van der Waals surface area contributed by atoms with Crippen molar-refractivity contribution in [2.24, 2.45) is 5.92 Å². The van der Waals surface area contributed by atoms with E-state index in [4.69, 9.17) is 12.2 Å². The van der Waals surface area contributed by atoms with Crippen molar-refractivity contribution in [1.82, 2.24) is 9.97 Å². The normalized spacial score (nSPS) is 10.8. The smallest absolute Gasteiger partial charge is 0.131 e. The maximum absolute atomic E-state index is 5.15. The van der Waals surface area contributed by atoms with Crippen molar-refractivity contribution in [1.29, 1.82) is 0 Å². The van der Waals surface area contributed by atoms with Gasteiger partial charge in [-0.1, -0.05) is 39.4 Å². The SMILES string of the molecule is CCCCNc1cc(=S)nc(CC(C)C)[nH]1. The Morgan fingerprint density at radius 3 is 2.88 bits per heavy atom. The number of hydrogen-bond donors (Lipinski definition) is 2. The monoisotopic (exact) mass is 239 g/mol. The van der Waals surface area contributed by atoms with Gasteiger partial charge in [0.2, 0.25) is 0 Å². The molecule has 90 valence electrons. The fourth-order valence-electron chi connectivity index (χ4n) is 1.49. The molecular formula is C12H21N3S. The summed E-state index contributed by atoms with van der Waals surface area (Å²) in [5, 5.41) is 3.34. The van der Waals surface area contributed by atoms with Gasteiger partial charge < -0.3 is 10.3 Å². The van der Waals surface area contributed by atoms with E-state index in [1.807, 2.05) is 6.07 Å². The van der Waals surface area contributed by atoms with Crippen LogP contribution in [0.3, 0.4) is 0 Å². The Morgan fingerprint density at radius 1 is 1.50 bits per heavy atom. The summed E-state index contributed by atoms with van der Waals surface area (Å²) >= 11 is 5.15. The highest BCUT2D eigenvalue weighted by atomic mass is 32.1. The number of H-pyrrole nitrogens is 1. The summed E-state index contributed by atoms with van der Waals surface area (Å²) in [5.41, 5.74) is 0. The van der Waals surface area contributed by atoms with Crippen LogP contribution >= 0.6 is 12.2 Å². The van der Waals surface area contributed by atoms with Crippen molar-refractivity contribution in [3.63, 3.8) is 0 Å². The van der Waals surface area contributed by atoms with Crippen LogP contribution in [0, 0.1) is 10.6 Å². The third kappa shape index (κ3) is 4.75. The van der Waals surface area contributed by atoms with Gasteiger partial charge in [-0.05, 0) is 12.3 Å². The molecule has 0 spiro atoms. The molecule has 0 fully saturated rings. The average molecular weight is 239 g/mol. The van der Waals surface area contributed by atoms with Crippen LogP contribution in [0.15, 0.2) is 6.07 Å². The molecule has 1 aromatic rings. The molecule has 1 rings (SSSR count). The predicted molar refractivity (Wildman–Crippen MR) is 71.4 cm³/mol. The quantitative estimate of drug-likeness (QED) is 0.589. The number of unbranched alkanes of at least 4 members (excludes halogenated alkanes) is 1. The molecule has 0 aliphatic rings. The second-order valence-corrected chi connectivity index (χ2v) is 4.88. The largest absolute Gasteiger partial charge is 0.372 e. The first kappa shape index (κ1) is 13.2. The molecule has 0 radical (unpaired) electrons. The molecule has 0 bridgehead atoms. The molecular weight excluding hydrogens is 218 g/mol. The molecule has 2 N–H and O–H groups in total. The van der Waals surface area contributed by atoms with E-state index in [2.05, 4.69) is 36.1 Å². The van der Waals surface area contributed by atoms with Gasteiger partial charge in [0.1, 0.15) is 16.3 Å². The molecule has 0 atom stereocenters. The first-order chi connectivity index (χ1) is 7.61. The van der Waals surface area contributed by atoms with Crippen LogP contribution in [-0.4, -0.2) is 16.5 Å². The van der Waals surface area contributed by atoms with Crippen molar-refractivity contribution in [2.45, 2.75) is 40.0 Å². The summed E-state index contributed by atoms with van der Waals surface area (Å²) in [4.78, 5) is 7.61. The van der Waals surface area contributed by atoms with E-state index in [1.54, 1.807) is 0 Å². The molecule has 4 heteroatoms. The van der Waals surface area contributed by atoms with Gasteiger partial charge in [0, 0.05) is 19.0 Å². The molecule has 1 heterocycles. The first-order valence-electron chi connectivity index (χ1n) is 5.96. The zero-order valence-corrected chi connectivity index (χ0v) is 11.2. The summed E-state index contributed by atoms with van der Waals surface area (Å²) in [5.74, 6) is 2.55. The first-order valence-corrected chi connectivity index (χ1v) is 6.36. The van der Waals surface area contributed by atoms with Crippen LogP contribution < -0.4 is 5.32 Å². The molecule has 0 unspecified atom stereocenters. The lowest BCUT2D eigenvalue weighted by Crippen LogP contribution is -2.07. The van der Waals surface area contributed by atoms with Crippen molar-refractivity contribution in [2.75, 3.05) is 11.9 Å². The van der Waals surface area contributed by atoms with Crippen LogP contribution in [0.2, 0.25) is 0 Å². The molecule has 16 heavy (non-hydrogen) atoms. The summed E-state index contributed by atoms with van der Waals surface area (Å²) in [6.45, 7) is 7.51. The predicted octanol–water partition coefficient (Wildman–Crippen LogP) is 3.55. The lowest BCUT2D eigenvalue weighted by Gasteiger charge is -2.09. The number of aromatic nitrogens is 2. The Kier molecular flexibility index (Phi) is 5.46.